The maximum atomic E-state index is 7.21. The second-order valence-corrected chi connectivity index (χ2v) is 8.76. The highest BCUT2D eigenvalue weighted by atomic mass is 32.1. The predicted octanol–water partition coefficient (Wildman–Crippen LogP) is 4.94. The van der Waals surface area contributed by atoms with E-state index in [0.717, 1.165) is 43.8 Å². The van der Waals surface area contributed by atoms with Crippen LogP contribution in [0.5, 0.6) is 0 Å². The van der Waals surface area contributed by atoms with Crippen LogP contribution in [0, 0.1) is 20.4 Å². The largest absolute Gasteiger partial charge is 0.361 e. The number of aromatic nitrogens is 2. The average Bonchev–Trinajstić information content (AvgIpc) is 3.28. The molecule has 5 nitrogen and oxygen atoms in total. The van der Waals surface area contributed by atoms with Crippen molar-refractivity contribution in [3.63, 3.8) is 0 Å². The molecule has 3 heterocycles. The molecular formula is C22H27N5S. The number of aromatic amines is 1. The Labute approximate surface area is 170 Å². The minimum atomic E-state index is 0.719. The predicted molar refractivity (Wildman–Crippen MR) is 118 cm³/mol. The lowest BCUT2D eigenvalue weighted by Gasteiger charge is -2.34. The standard InChI is InChI=1S/C22H27N5S/c1-16-17(2)28-22(25-16)27-12-10-26(11-13-27)9-5-4-6-18-15-24-21-8-7-19(23-3)14-20(18)21/h7-8,14-15,24H,4-6,9-13H2,1-2H3. The zero-order valence-electron chi connectivity index (χ0n) is 16.7. The van der Waals surface area contributed by atoms with Gasteiger partial charge in [0.25, 0.3) is 0 Å². The fourth-order valence-electron chi connectivity index (χ4n) is 3.85. The highest BCUT2D eigenvalue weighted by molar-refractivity contribution is 7.15. The van der Waals surface area contributed by atoms with Gasteiger partial charge in [-0.15, -0.1) is 11.3 Å². The maximum Gasteiger partial charge on any atom is 0.187 e. The molecule has 0 unspecified atom stereocenters. The highest BCUT2D eigenvalue weighted by Crippen LogP contribution is 2.27. The SMILES string of the molecule is [C-]#[N+]c1ccc2[nH]cc(CCCCN3CCN(c4nc(C)c(C)s4)CC3)c2c1. The molecule has 0 atom stereocenters. The number of piperazine rings is 1. The Morgan fingerprint density at radius 1 is 1.18 bits per heavy atom. The second kappa shape index (κ2) is 8.34. The topological polar surface area (TPSA) is 39.5 Å². The van der Waals surface area contributed by atoms with Gasteiger partial charge in [-0.25, -0.2) is 9.83 Å². The Balaban J connectivity index is 1.23. The summed E-state index contributed by atoms with van der Waals surface area (Å²) in [5.74, 6) is 0. The molecule has 3 aromatic rings. The Morgan fingerprint density at radius 2 is 2.00 bits per heavy atom. The van der Waals surface area contributed by atoms with E-state index in [1.54, 1.807) is 0 Å². The summed E-state index contributed by atoms with van der Waals surface area (Å²) in [7, 11) is 0. The van der Waals surface area contributed by atoms with Gasteiger partial charge in [0.05, 0.1) is 12.3 Å². The molecule has 0 radical (unpaired) electrons. The molecule has 4 rings (SSSR count). The monoisotopic (exact) mass is 393 g/mol. The van der Waals surface area contributed by atoms with Gasteiger partial charge in [0.2, 0.25) is 0 Å². The number of thiazole rings is 1. The summed E-state index contributed by atoms with van der Waals surface area (Å²) < 4.78 is 0. The van der Waals surface area contributed by atoms with Gasteiger partial charge in [0.1, 0.15) is 0 Å². The number of nitrogens with zero attached hydrogens (tertiary/aromatic N) is 4. The van der Waals surface area contributed by atoms with E-state index in [-0.39, 0.29) is 0 Å². The van der Waals surface area contributed by atoms with Crippen LogP contribution in [0.15, 0.2) is 24.4 Å². The first-order valence-electron chi connectivity index (χ1n) is 10.0. The minimum Gasteiger partial charge on any atom is -0.361 e. The molecule has 1 N–H and O–H groups in total. The summed E-state index contributed by atoms with van der Waals surface area (Å²) in [6.45, 7) is 17.0. The van der Waals surface area contributed by atoms with E-state index in [0.29, 0.717) is 0 Å². The van der Waals surface area contributed by atoms with Crippen LogP contribution in [0.2, 0.25) is 0 Å². The first-order valence-corrected chi connectivity index (χ1v) is 10.8. The van der Waals surface area contributed by atoms with Crippen molar-refractivity contribution in [1.82, 2.24) is 14.9 Å². The molecule has 0 amide bonds. The molecule has 1 saturated heterocycles. The van der Waals surface area contributed by atoms with Crippen molar-refractivity contribution in [2.75, 3.05) is 37.6 Å². The van der Waals surface area contributed by atoms with Gasteiger partial charge < -0.3 is 9.88 Å². The van der Waals surface area contributed by atoms with Crippen molar-refractivity contribution in [3.05, 3.63) is 51.9 Å². The zero-order chi connectivity index (χ0) is 19.5. The van der Waals surface area contributed by atoms with Crippen LogP contribution in [0.25, 0.3) is 15.7 Å². The number of hydrogen-bond donors (Lipinski definition) is 1. The van der Waals surface area contributed by atoms with Crippen LogP contribution < -0.4 is 4.90 Å². The van der Waals surface area contributed by atoms with Crippen molar-refractivity contribution in [1.29, 1.82) is 0 Å². The summed E-state index contributed by atoms with van der Waals surface area (Å²) in [5, 5.41) is 2.39. The van der Waals surface area contributed by atoms with Crippen molar-refractivity contribution in [3.8, 4) is 0 Å². The number of anilines is 1. The fourth-order valence-corrected chi connectivity index (χ4v) is 4.81. The number of nitrogens with one attached hydrogen (secondary N) is 1. The van der Waals surface area contributed by atoms with E-state index in [1.165, 1.54) is 46.0 Å². The summed E-state index contributed by atoms with van der Waals surface area (Å²) in [6, 6.07) is 5.90. The maximum absolute atomic E-state index is 7.21. The first kappa shape index (κ1) is 19.0. The van der Waals surface area contributed by atoms with E-state index < -0.39 is 0 Å². The number of rotatable bonds is 6. The number of benzene rings is 1. The van der Waals surface area contributed by atoms with Gasteiger partial charge in [0.15, 0.2) is 10.8 Å². The van der Waals surface area contributed by atoms with Crippen LogP contribution in [0.1, 0.15) is 29.0 Å². The number of fused-ring (bicyclic) bond motifs is 1. The lowest BCUT2D eigenvalue weighted by Crippen LogP contribution is -2.46. The lowest BCUT2D eigenvalue weighted by atomic mass is 10.1. The molecule has 0 aliphatic carbocycles. The number of H-pyrrole nitrogens is 1. The van der Waals surface area contributed by atoms with E-state index in [9.17, 15) is 0 Å². The fraction of sp³-hybridized carbons (Fsp3) is 0.455. The molecule has 0 spiro atoms. The molecule has 1 aromatic carbocycles. The van der Waals surface area contributed by atoms with Crippen molar-refractivity contribution in [2.24, 2.45) is 0 Å². The molecule has 0 saturated carbocycles. The summed E-state index contributed by atoms with van der Waals surface area (Å²) in [5.41, 5.74) is 4.35. The molecule has 2 aromatic heterocycles. The van der Waals surface area contributed by atoms with E-state index in [2.05, 4.69) is 39.7 Å². The normalized spacial score (nSPS) is 15.2. The summed E-state index contributed by atoms with van der Waals surface area (Å²) in [6.07, 6.45) is 5.57. The quantitative estimate of drug-likeness (QED) is 0.476. The highest BCUT2D eigenvalue weighted by Gasteiger charge is 2.19. The Morgan fingerprint density at radius 3 is 2.71 bits per heavy atom. The van der Waals surface area contributed by atoms with Crippen LogP contribution >= 0.6 is 11.3 Å². The third-order valence-corrected chi connectivity index (χ3v) is 6.84. The number of aryl methyl sites for hydroxylation is 3. The summed E-state index contributed by atoms with van der Waals surface area (Å²) >= 11 is 1.82. The molecule has 1 aliphatic heterocycles. The van der Waals surface area contributed by atoms with Gasteiger partial charge in [0, 0.05) is 42.8 Å². The van der Waals surface area contributed by atoms with Crippen LogP contribution in [-0.4, -0.2) is 47.6 Å². The Kier molecular flexibility index (Phi) is 5.65. The van der Waals surface area contributed by atoms with Gasteiger partial charge in [-0.05, 0) is 62.7 Å². The Bertz CT molecular complexity index is 969. The van der Waals surface area contributed by atoms with Gasteiger partial charge in [-0.3, -0.25) is 4.90 Å². The van der Waals surface area contributed by atoms with Crippen LogP contribution in [0.4, 0.5) is 10.8 Å². The third kappa shape index (κ3) is 4.06. The van der Waals surface area contributed by atoms with Crippen LogP contribution in [0.3, 0.4) is 0 Å². The van der Waals surface area contributed by atoms with E-state index >= 15 is 0 Å². The van der Waals surface area contributed by atoms with Crippen LogP contribution in [-0.2, 0) is 6.42 Å². The summed E-state index contributed by atoms with van der Waals surface area (Å²) in [4.78, 5) is 17.9. The average molecular weight is 394 g/mol. The molecule has 28 heavy (non-hydrogen) atoms. The zero-order valence-corrected chi connectivity index (χ0v) is 17.5. The van der Waals surface area contributed by atoms with Gasteiger partial charge in [-0.1, -0.05) is 6.07 Å². The van der Waals surface area contributed by atoms with Gasteiger partial charge >= 0.3 is 0 Å². The first-order chi connectivity index (χ1) is 13.6. The minimum absolute atomic E-state index is 0.719. The second-order valence-electron chi connectivity index (χ2n) is 7.58. The van der Waals surface area contributed by atoms with Gasteiger partial charge in [-0.2, -0.15) is 0 Å². The molecule has 0 bridgehead atoms. The number of unbranched alkanes of at least 4 members (excludes halogenated alkanes) is 1. The molecule has 1 fully saturated rings. The van der Waals surface area contributed by atoms with Crippen molar-refractivity contribution in [2.45, 2.75) is 33.1 Å². The van der Waals surface area contributed by atoms with E-state index in [1.807, 2.05) is 29.5 Å². The molecule has 1 aliphatic rings. The molecule has 146 valence electrons. The third-order valence-electron chi connectivity index (χ3n) is 5.71. The molecule has 6 heteroatoms. The lowest BCUT2D eigenvalue weighted by molar-refractivity contribution is 0.253. The van der Waals surface area contributed by atoms with Crippen molar-refractivity contribution < 1.29 is 0 Å². The number of hydrogen-bond acceptors (Lipinski definition) is 4. The smallest absolute Gasteiger partial charge is 0.187 e. The molecular weight excluding hydrogens is 366 g/mol. The Hall–Kier alpha value is -2.36. The van der Waals surface area contributed by atoms with Crippen molar-refractivity contribution >= 4 is 33.1 Å². The van der Waals surface area contributed by atoms with E-state index in [4.69, 9.17) is 11.6 Å².